The van der Waals surface area contributed by atoms with Gasteiger partial charge in [0.1, 0.15) is 6.07 Å². The summed E-state index contributed by atoms with van der Waals surface area (Å²) in [5.74, 6) is 0. The predicted octanol–water partition coefficient (Wildman–Crippen LogP) is 2.87. The predicted molar refractivity (Wildman–Crippen MR) is 107 cm³/mol. The van der Waals surface area contributed by atoms with Crippen molar-refractivity contribution in [1.29, 1.82) is 5.26 Å². The Bertz CT molecular complexity index is 1200. The second kappa shape index (κ2) is 8.79. The van der Waals surface area contributed by atoms with Gasteiger partial charge < -0.3 is 0 Å². The summed E-state index contributed by atoms with van der Waals surface area (Å²) in [5.41, 5.74) is -4.49. The molecule has 166 valence electrons. The molecule has 0 aliphatic carbocycles. The lowest BCUT2D eigenvalue weighted by Gasteiger charge is -2.33. The van der Waals surface area contributed by atoms with Gasteiger partial charge in [0, 0.05) is 31.1 Å². The minimum Gasteiger partial charge on any atom is -0.207 e. The van der Waals surface area contributed by atoms with Crippen LogP contribution in [0.25, 0.3) is 0 Å². The summed E-state index contributed by atoms with van der Waals surface area (Å²) in [6.45, 7) is -0.503. The Labute approximate surface area is 182 Å². The maximum absolute atomic E-state index is 12.9. The Morgan fingerprint density at radius 1 is 0.839 bits per heavy atom. The number of piperazine rings is 1. The van der Waals surface area contributed by atoms with E-state index in [1.807, 2.05) is 6.07 Å². The largest absolute Gasteiger partial charge is 0.446 e. The molecule has 1 fully saturated rings. The van der Waals surface area contributed by atoms with Crippen molar-refractivity contribution in [2.24, 2.45) is 0 Å². The van der Waals surface area contributed by atoms with Gasteiger partial charge in [-0.2, -0.15) is 27.0 Å². The van der Waals surface area contributed by atoms with Crippen molar-refractivity contribution in [1.82, 2.24) is 8.61 Å². The molecule has 31 heavy (non-hydrogen) atoms. The number of rotatable bonds is 5. The molecule has 0 amide bonds. The smallest absolute Gasteiger partial charge is 0.207 e. The molecule has 0 spiro atoms. The van der Waals surface area contributed by atoms with E-state index in [9.17, 15) is 30.0 Å². The molecule has 2 aromatic carbocycles. The van der Waals surface area contributed by atoms with Gasteiger partial charge in [0.2, 0.25) is 20.0 Å². The Hall–Kier alpha value is -2.11. The van der Waals surface area contributed by atoms with E-state index in [1.54, 1.807) is 6.07 Å². The van der Waals surface area contributed by atoms with Crippen molar-refractivity contribution < 1.29 is 30.0 Å². The topological polar surface area (TPSA) is 98.5 Å². The molecule has 1 saturated heterocycles. The SMILES string of the molecule is N#Cc1ccccc1S(=O)(=O)N1CCN(S(=O)(=O)c2ccc(SC(F)(F)F)cc2)CC1. The number of thioether (sulfide) groups is 1. The zero-order valence-corrected chi connectivity index (χ0v) is 18.2. The van der Waals surface area contributed by atoms with Gasteiger partial charge in [-0.15, -0.1) is 0 Å². The van der Waals surface area contributed by atoms with Crippen LogP contribution in [0.3, 0.4) is 0 Å². The lowest BCUT2D eigenvalue weighted by Crippen LogP contribution is -2.50. The van der Waals surface area contributed by atoms with Gasteiger partial charge in [0.05, 0.1) is 15.4 Å². The lowest BCUT2D eigenvalue weighted by atomic mass is 10.2. The molecule has 0 radical (unpaired) electrons. The van der Waals surface area contributed by atoms with Crippen molar-refractivity contribution in [2.75, 3.05) is 26.2 Å². The normalized spacial score (nSPS) is 16.7. The Morgan fingerprint density at radius 3 is 1.87 bits per heavy atom. The number of hydrogen-bond acceptors (Lipinski definition) is 6. The lowest BCUT2D eigenvalue weighted by molar-refractivity contribution is -0.0328. The molecule has 0 saturated carbocycles. The average Bonchev–Trinajstić information content (AvgIpc) is 2.73. The molecule has 3 rings (SSSR count). The number of sulfonamides is 2. The molecule has 1 heterocycles. The molecule has 0 unspecified atom stereocenters. The van der Waals surface area contributed by atoms with Crippen LogP contribution in [0.4, 0.5) is 13.2 Å². The van der Waals surface area contributed by atoms with Crippen molar-refractivity contribution >= 4 is 31.8 Å². The van der Waals surface area contributed by atoms with Crippen LogP contribution in [-0.2, 0) is 20.0 Å². The third-order valence-corrected chi connectivity index (χ3v) is 9.13. The highest BCUT2D eigenvalue weighted by Gasteiger charge is 2.35. The van der Waals surface area contributed by atoms with Crippen molar-refractivity contribution in [3.05, 3.63) is 54.1 Å². The van der Waals surface area contributed by atoms with Crippen molar-refractivity contribution in [3.8, 4) is 6.07 Å². The fourth-order valence-corrected chi connectivity index (χ4v) is 6.56. The highest BCUT2D eigenvalue weighted by atomic mass is 32.2. The van der Waals surface area contributed by atoms with Gasteiger partial charge in [-0.3, -0.25) is 0 Å². The van der Waals surface area contributed by atoms with E-state index in [0.29, 0.717) is 0 Å². The minimum atomic E-state index is -4.48. The van der Waals surface area contributed by atoms with Gasteiger partial charge in [0.15, 0.2) is 0 Å². The first kappa shape index (κ1) is 23.6. The average molecular weight is 492 g/mol. The molecular formula is C18H16F3N3O4S3. The number of alkyl halides is 3. The maximum atomic E-state index is 12.9. The van der Waals surface area contributed by atoms with Crippen LogP contribution in [0, 0.1) is 11.3 Å². The van der Waals surface area contributed by atoms with Crippen LogP contribution in [0.15, 0.2) is 63.2 Å². The molecule has 2 aromatic rings. The summed E-state index contributed by atoms with van der Waals surface area (Å²) in [5, 5.41) is 9.15. The number of hydrogen-bond donors (Lipinski definition) is 0. The second-order valence-corrected chi connectivity index (χ2v) is 11.4. The van der Waals surface area contributed by atoms with Gasteiger partial charge in [-0.25, -0.2) is 16.8 Å². The van der Waals surface area contributed by atoms with E-state index in [-0.39, 0.29) is 58.2 Å². The number of nitrogens with zero attached hydrogens (tertiary/aromatic N) is 3. The molecule has 0 bridgehead atoms. The van der Waals surface area contributed by atoms with E-state index in [0.717, 1.165) is 32.9 Å². The first-order valence-corrected chi connectivity index (χ1v) is 12.5. The molecule has 1 aliphatic heterocycles. The zero-order valence-electron chi connectivity index (χ0n) is 15.8. The summed E-state index contributed by atoms with van der Waals surface area (Å²) in [6.07, 6.45) is 0. The first-order valence-electron chi connectivity index (χ1n) is 8.80. The van der Waals surface area contributed by atoms with Gasteiger partial charge in [-0.1, -0.05) is 12.1 Å². The summed E-state index contributed by atoms with van der Waals surface area (Å²) in [6, 6.07) is 11.9. The van der Waals surface area contributed by atoms with E-state index < -0.39 is 25.6 Å². The monoisotopic (exact) mass is 491 g/mol. The van der Waals surface area contributed by atoms with Crippen molar-refractivity contribution in [3.63, 3.8) is 0 Å². The highest BCUT2D eigenvalue weighted by Crippen LogP contribution is 2.37. The number of benzene rings is 2. The van der Waals surface area contributed by atoms with E-state index in [2.05, 4.69) is 0 Å². The molecule has 0 atom stereocenters. The van der Waals surface area contributed by atoms with Crippen LogP contribution in [0.2, 0.25) is 0 Å². The van der Waals surface area contributed by atoms with Gasteiger partial charge >= 0.3 is 5.51 Å². The molecule has 1 aliphatic rings. The van der Waals surface area contributed by atoms with Gasteiger partial charge in [-0.05, 0) is 48.2 Å². The maximum Gasteiger partial charge on any atom is 0.446 e. The number of halogens is 3. The Morgan fingerprint density at radius 2 is 1.35 bits per heavy atom. The molecular weight excluding hydrogens is 475 g/mol. The quantitative estimate of drug-likeness (QED) is 0.597. The van der Waals surface area contributed by atoms with E-state index in [1.165, 1.54) is 18.2 Å². The zero-order chi connectivity index (χ0) is 22.9. The van der Waals surface area contributed by atoms with Crippen molar-refractivity contribution in [2.45, 2.75) is 20.2 Å². The van der Waals surface area contributed by atoms with Crippen LogP contribution in [0.1, 0.15) is 5.56 Å². The third-order valence-electron chi connectivity index (χ3n) is 4.52. The van der Waals surface area contributed by atoms with Crippen LogP contribution < -0.4 is 0 Å². The summed E-state index contributed by atoms with van der Waals surface area (Å²) < 4.78 is 90.8. The molecule has 0 aromatic heterocycles. The fraction of sp³-hybridized carbons (Fsp3) is 0.278. The third kappa shape index (κ3) is 5.21. The van der Waals surface area contributed by atoms with Crippen LogP contribution >= 0.6 is 11.8 Å². The standard InChI is InChI=1S/C18H16F3N3O4S3/c19-18(20,21)29-15-5-7-16(8-6-15)30(25,26)23-9-11-24(12-10-23)31(27,28)17-4-2-1-3-14(17)13-22/h1-8H,9-12H2. The first-order chi connectivity index (χ1) is 14.4. The summed E-state index contributed by atoms with van der Waals surface area (Å²) in [4.78, 5) is -0.463. The highest BCUT2D eigenvalue weighted by molar-refractivity contribution is 8.00. The van der Waals surface area contributed by atoms with E-state index >= 15 is 0 Å². The second-order valence-electron chi connectivity index (χ2n) is 6.44. The van der Waals surface area contributed by atoms with Gasteiger partial charge in [0.25, 0.3) is 0 Å². The summed E-state index contributed by atoms with van der Waals surface area (Å²) in [7, 11) is -7.98. The molecule has 0 N–H and O–H groups in total. The van der Waals surface area contributed by atoms with Crippen LogP contribution in [0.5, 0.6) is 0 Å². The minimum absolute atomic E-state index is 0.00522. The van der Waals surface area contributed by atoms with E-state index in [4.69, 9.17) is 5.26 Å². The summed E-state index contributed by atoms with van der Waals surface area (Å²) >= 11 is -0.345. The Balaban J connectivity index is 1.73. The molecule has 13 heteroatoms. The molecule has 7 nitrogen and oxygen atoms in total. The van der Waals surface area contributed by atoms with Crippen LogP contribution in [-0.4, -0.2) is 57.1 Å². The fourth-order valence-electron chi connectivity index (χ4n) is 3.04. The number of nitriles is 1. The Kier molecular flexibility index (Phi) is 6.68.